The average Bonchev–Trinajstić information content (AvgIpc) is 2.05. The van der Waals surface area contributed by atoms with Crippen LogP contribution < -0.4 is 11.1 Å². The fourth-order valence-corrected chi connectivity index (χ4v) is 1.08. The third kappa shape index (κ3) is 1.78. The fourth-order valence-electron chi connectivity index (χ4n) is 1.08. The molecule has 0 amide bonds. The van der Waals surface area contributed by atoms with E-state index in [1.54, 1.807) is 0 Å². The van der Waals surface area contributed by atoms with Crippen molar-refractivity contribution in [3.05, 3.63) is 11.6 Å². The van der Waals surface area contributed by atoms with Crippen molar-refractivity contribution in [1.29, 1.82) is 0 Å². The maximum atomic E-state index is 12.8. The van der Waals surface area contributed by atoms with Crippen LogP contribution in [0.1, 0.15) is 6.42 Å². The second-order valence-electron chi connectivity index (χ2n) is 2.44. The van der Waals surface area contributed by atoms with Crippen LogP contribution in [0, 0.1) is 0 Å². The Morgan fingerprint density at radius 3 is 3.10 bits per heavy atom. The highest BCUT2D eigenvalue weighted by Gasteiger charge is 2.11. The average molecular weight is 144 g/mol. The van der Waals surface area contributed by atoms with Crippen LogP contribution in [-0.4, -0.2) is 25.8 Å². The van der Waals surface area contributed by atoms with Gasteiger partial charge >= 0.3 is 0 Å². The first kappa shape index (κ1) is 7.69. The Labute approximate surface area is 60.3 Å². The first-order chi connectivity index (χ1) is 4.84. The summed E-state index contributed by atoms with van der Waals surface area (Å²) < 4.78 is 12.8. The molecular weight excluding hydrogens is 131 g/mol. The van der Waals surface area contributed by atoms with Crippen molar-refractivity contribution >= 4 is 0 Å². The molecule has 10 heavy (non-hydrogen) atoms. The molecule has 1 aliphatic heterocycles. The molecule has 2 nitrogen and oxygen atoms in total. The van der Waals surface area contributed by atoms with Crippen LogP contribution in [-0.2, 0) is 0 Å². The van der Waals surface area contributed by atoms with Crippen molar-refractivity contribution in [1.82, 2.24) is 5.32 Å². The smallest absolute Gasteiger partial charge is 0.133 e. The zero-order valence-corrected chi connectivity index (χ0v) is 5.94. The van der Waals surface area contributed by atoms with Crippen LogP contribution in [0.3, 0.4) is 0 Å². The molecule has 1 unspecified atom stereocenters. The molecule has 3 heteroatoms. The Kier molecular flexibility index (Phi) is 2.83. The molecule has 3 N–H and O–H groups in total. The highest BCUT2D eigenvalue weighted by molar-refractivity contribution is 5.12. The minimum atomic E-state index is -0.915. The van der Waals surface area contributed by atoms with Gasteiger partial charge in [-0.05, 0) is 18.5 Å². The summed E-state index contributed by atoms with van der Waals surface area (Å²) in [6.45, 7) is 1.79. The number of nitrogens with two attached hydrogens (primary N) is 1. The summed E-state index contributed by atoms with van der Waals surface area (Å²) in [5.41, 5.74) is 6.03. The molecule has 1 atom stereocenters. The lowest BCUT2D eigenvalue weighted by atomic mass is 10.1. The highest BCUT2D eigenvalue weighted by Crippen LogP contribution is 2.11. The highest BCUT2D eigenvalue weighted by atomic mass is 19.1. The van der Waals surface area contributed by atoms with E-state index in [0.717, 1.165) is 25.1 Å². The Morgan fingerprint density at radius 2 is 2.60 bits per heavy atom. The van der Waals surface area contributed by atoms with Gasteiger partial charge < -0.3 is 11.1 Å². The molecule has 0 spiro atoms. The quantitative estimate of drug-likeness (QED) is 0.543. The second-order valence-corrected chi connectivity index (χ2v) is 2.44. The monoisotopic (exact) mass is 144 g/mol. The van der Waals surface area contributed by atoms with Gasteiger partial charge in [0.25, 0.3) is 0 Å². The second kappa shape index (κ2) is 3.68. The fraction of sp³-hybridized carbons (Fsp3) is 0.714. The van der Waals surface area contributed by atoms with Gasteiger partial charge in [-0.25, -0.2) is 4.39 Å². The zero-order valence-electron chi connectivity index (χ0n) is 5.94. The molecule has 1 rings (SSSR count). The number of nitrogens with one attached hydrogen (secondary N) is 1. The molecule has 0 bridgehead atoms. The van der Waals surface area contributed by atoms with E-state index in [1.165, 1.54) is 0 Å². The summed E-state index contributed by atoms with van der Waals surface area (Å²) in [5.74, 6) is 0. The van der Waals surface area contributed by atoms with Gasteiger partial charge in [-0.3, -0.25) is 0 Å². The SMILES string of the molecule is NCC(F)C1=CCNCC1. The van der Waals surface area contributed by atoms with E-state index in [0.29, 0.717) is 0 Å². The molecule has 0 radical (unpaired) electrons. The van der Waals surface area contributed by atoms with E-state index in [1.807, 2.05) is 6.08 Å². The number of hydrogen-bond donors (Lipinski definition) is 2. The number of rotatable bonds is 2. The molecule has 0 saturated heterocycles. The summed E-state index contributed by atoms with van der Waals surface area (Å²) in [7, 11) is 0. The third-order valence-electron chi connectivity index (χ3n) is 1.71. The van der Waals surface area contributed by atoms with Crippen molar-refractivity contribution in [2.75, 3.05) is 19.6 Å². The predicted octanol–water partition coefficient (Wildman–Crippen LogP) is 0.203. The summed E-state index contributed by atoms with van der Waals surface area (Å²) >= 11 is 0. The van der Waals surface area contributed by atoms with Crippen molar-refractivity contribution in [3.8, 4) is 0 Å². The van der Waals surface area contributed by atoms with Crippen LogP contribution in [0.15, 0.2) is 11.6 Å². The Bertz CT molecular complexity index is 134. The number of alkyl halides is 1. The van der Waals surface area contributed by atoms with Gasteiger partial charge in [0.15, 0.2) is 0 Å². The number of hydrogen-bond acceptors (Lipinski definition) is 2. The van der Waals surface area contributed by atoms with Gasteiger partial charge in [0.2, 0.25) is 0 Å². The molecule has 0 aromatic carbocycles. The van der Waals surface area contributed by atoms with Crippen LogP contribution >= 0.6 is 0 Å². The molecule has 0 aromatic rings. The lowest BCUT2D eigenvalue weighted by Gasteiger charge is -2.15. The van der Waals surface area contributed by atoms with Crippen molar-refractivity contribution < 1.29 is 4.39 Å². The van der Waals surface area contributed by atoms with Crippen LogP contribution in [0.5, 0.6) is 0 Å². The maximum Gasteiger partial charge on any atom is 0.133 e. The Balaban J connectivity index is 2.44. The van der Waals surface area contributed by atoms with Gasteiger partial charge in [-0.2, -0.15) is 0 Å². The van der Waals surface area contributed by atoms with Gasteiger partial charge in [-0.1, -0.05) is 6.08 Å². The van der Waals surface area contributed by atoms with Crippen LogP contribution in [0.2, 0.25) is 0 Å². The lowest BCUT2D eigenvalue weighted by Crippen LogP contribution is -2.27. The van der Waals surface area contributed by atoms with Crippen LogP contribution in [0.4, 0.5) is 4.39 Å². The molecule has 0 fully saturated rings. The molecular formula is C7H13FN2. The molecule has 0 aliphatic carbocycles. The standard InChI is InChI=1S/C7H13FN2/c8-7(5-9)6-1-3-10-4-2-6/h1,7,10H,2-5,9H2. The third-order valence-corrected chi connectivity index (χ3v) is 1.71. The van der Waals surface area contributed by atoms with E-state index in [9.17, 15) is 4.39 Å². The van der Waals surface area contributed by atoms with Gasteiger partial charge in [-0.15, -0.1) is 0 Å². The van der Waals surface area contributed by atoms with E-state index < -0.39 is 6.17 Å². The first-order valence-corrected chi connectivity index (χ1v) is 3.58. The largest absolute Gasteiger partial charge is 0.327 e. The lowest BCUT2D eigenvalue weighted by molar-refractivity contribution is 0.375. The van der Waals surface area contributed by atoms with Crippen molar-refractivity contribution in [2.24, 2.45) is 5.73 Å². The summed E-state index contributed by atoms with van der Waals surface area (Å²) in [6, 6.07) is 0. The minimum Gasteiger partial charge on any atom is -0.327 e. The molecule has 1 aliphatic rings. The normalized spacial score (nSPS) is 22.0. The zero-order chi connectivity index (χ0) is 7.40. The summed E-state index contributed by atoms with van der Waals surface area (Å²) in [5, 5.41) is 3.11. The molecule has 58 valence electrons. The molecule has 0 saturated carbocycles. The van der Waals surface area contributed by atoms with Gasteiger partial charge in [0, 0.05) is 13.1 Å². The molecule has 0 aromatic heterocycles. The van der Waals surface area contributed by atoms with Gasteiger partial charge in [0.05, 0.1) is 0 Å². The maximum absolute atomic E-state index is 12.8. The Hall–Kier alpha value is -0.410. The topological polar surface area (TPSA) is 38.0 Å². The molecule has 1 heterocycles. The van der Waals surface area contributed by atoms with E-state index in [-0.39, 0.29) is 6.54 Å². The minimum absolute atomic E-state index is 0.117. The Morgan fingerprint density at radius 1 is 1.80 bits per heavy atom. The van der Waals surface area contributed by atoms with Crippen molar-refractivity contribution in [2.45, 2.75) is 12.6 Å². The van der Waals surface area contributed by atoms with Gasteiger partial charge in [0.1, 0.15) is 6.17 Å². The van der Waals surface area contributed by atoms with E-state index >= 15 is 0 Å². The first-order valence-electron chi connectivity index (χ1n) is 3.58. The predicted molar refractivity (Wildman–Crippen MR) is 39.5 cm³/mol. The van der Waals surface area contributed by atoms with E-state index in [2.05, 4.69) is 5.32 Å². The van der Waals surface area contributed by atoms with Crippen LogP contribution in [0.25, 0.3) is 0 Å². The summed E-state index contributed by atoms with van der Waals surface area (Å²) in [4.78, 5) is 0. The van der Waals surface area contributed by atoms with Crippen molar-refractivity contribution in [3.63, 3.8) is 0 Å². The number of halogens is 1. The van der Waals surface area contributed by atoms with E-state index in [4.69, 9.17) is 5.73 Å². The summed E-state index contributed by atoms with van der Waals surface area (Å²) in [6.07, 6.45) is 1.78.